The quantitative estimate of drug-likeness (QED) is 0.628. The molecule has 17 heavy (non-hydrogen) atoms. The van der Waals surface area contributed by atoms with Gasteiger partial charge in [0, 0.05) is 19.3 Å². The lowest BCUT2D eigenvalue weighted by Crippen LogP contribution is -2.57. The minimum Gasteiger partial charge on any atom is -0.376 e. The average Bonchev–Trinajstić information content (AvgIpc) is 2.55. The Morgan fingerprint density at radius 2 is 2.24 bits per heavy atom. The van der Waals surface area contributed by atoms with E-state index in [9.17, 15) is 9.59 Å². The summed E-state index contributed by atoms with van der Waals surface area (Å²) in [7, 11) is 0. The lowest BCUT2D eigenvalue weighted by molar-refractivity contribution is -0.129. The van der Waals surface area contributed by atoms with Gasteiger partial charge in [-0.1, -0.05) is 0 Å². The van der Waals surface area contributed by atoms with Crippen LogP contribution in [0.25, 0.3) is 0 Å². The smallest absolute Gasteiger partial charge is 0.243 e. The van der Waals surface area contributed by atoms with Crippen molar-refractivity contribution in [1.29, 1.82) is 0 Å². The predicted octanol–water partition coefficient (Wildman–Crippen LogP) is 0.105. The molecule has 0 radical (unpaired) electrons. The third-order valence-corrected chi connectivity index (χ3v) is 3.54. The maximum atomic E-state index is 12.0. The average molecular weight is 260 g/mol. The Hall–Kier alpha value is -0.750. The van der Waals surface area contributed by atoms with E-state index in [4.69, 9.17) is 4.74 Å². The molecule has 6 heteroatoms. The molecule has 0 aliphatic carbocycles. The number of nitrogens with one attached hydrogen (secondary N) is 2. The van der Waals surface area contributed by atoms with Gasteiger partial charge in [0.15, 0.2) is 0 Å². The lowest BCUT2D eigenvalue weighted by atomic mass is 9.94. The molecule has 3 unspecified atom stereocenters. The van der Waals surface area contributed by atoms with Crippen LogP contribution in [-0.2, 0) is 14.3 Å². The normalized spacial score (nSPS) is 29.8. The van der Waals surface area contributed by atoms with Crippen LogP contribution in [0.2, 0.25) is 0 Å². The minimum absolute atomic E-state index is 0.0238. The highest BCUT2D eigenvalue weighted by Gasteiger charge is 2.39. The molecule has 0 aromatic carbocycles. The number of thiol groups is 1. The van der Waals surface area contributed by atoms with Crippen molar-refractivity contribution in [3.05, 3.63) is 0 Å². The van der Waals surface area contributed by atoms with Gasteiger partial charge in [-0.25, -0.2) is 0 Å². The summed E-state index contributed by atoms with van der Waals surface area (Å²) in [6.45, 7) is 5.91. The second-order valence-electron chi connectivity index (χ2n) is 4.61. The first-order valence-corrected chi connectivity index (χ1v) is 6.34. The van der Waals surface area contributed by atoms with Gasteiger partial charge in [0.25, 0.3) is 0 Å². The van der Waals surface area contributed by atoms with Gasteiger partial charge in [-0.3, -0.25) is 9.59 Å². The Morgan fingerprint density at radius 1 is 1.59 bits per heavy atom. The van der Waals surface area contributed by atoms with Crippen molar-refractivity contribution in [1.82, 2.24) is 10.6 Å². The summed E-state index contributed by atoms with van der Waals surface area (Å²) in [5.41, 5.74) is -0.364. The molecule has 3 atom stereocenters. The van der Waals surface area contributed by atoms with Crippen LogP contribution in [0.1, 0.15) is 27.2 Å². The monoisotopic (exact) mass is 260 g/mol. The minimum atomic E-state index is -0.597. The first-order valence-electron chi connectivity index (χ1n) is 5.70. The highest BCUT2D eigenvalue weighted by molar-refractivity contribution is 7.80. The van der Waals surface area contributed by atoms with E-state index in [1.165, 1.54) is 6.92 Å². The van der Waals surface area contributed by atoms with E-state index in [0.29, 0.717) is 6.61 Å². The molecular formula is C11H20N2O3S. The van der Waals surface area contributed by atoms with Crippen molar-refractivity contribution in [3.63, 3.8) is 0 Å². The summed E-state index contributed by atoms with van der Waals surface area (Å²) in [5, 5.41) is 5.50. The molecule has 1 fully saturated rings. The van der Waals surface area contributed by atoms with Gasteiger partial charge in [-0.05, 0) is 20.3 Å². The summed E-state index contributed by atoms with van der Waals surface area (Å²) >= 11 is 4.07. The molecule has 0 spiro atoms. The number of hydrogen-bond acceptors (Lipinski definition) is 4. The number of rotatable bonds is 4. The molecule has 1 aliphatic heterocycles. The fourth-order valence-electron chi connectivity index (χ4n) is 1.81. The van der Waals surface area contributed by atoms with E-state index >= 15 is 0 Å². The van der Waals surface area contributed by atoms with Gasteiger partial charge in [0.2, 0.25) is 11.8 Å². The van der Waals surface area contributed by atoms with Gasteiger partial charge in [0.1, 0.15) is 6.04 Å². The summed E-state index contributed by atoms with van der Waals surface area (Å²) in [6, 6.07) is -0.597. The predicted molar refractivity (Wildman–Crippen MR) is 68.0 cm³/mol. The number of amides is 2. The molecule has 1 rings (SSSR count). The molecule has 0 bridgehead atoms. The van der Waals surface area contributed by atoms with E-state index in [1.54, 1.807) is 0 Å². The molecular weight excluding hydrogens is 240 g/mol. The zero-order valence-electron chi connectivity index (χ0n) is 10.4. The van der Waals surface area contributed by atoms with Crippen molar-refractivity contribution in [2.45, 2.75) is 44.9 Å². The zero-order chi connectivity index (χ0) is 13.1. The second kappa shape index (κ2) is 5.73. The van der Waals surface area contributed by atoms with Gasteiger partial charge < -0.3 is 15.4 Å². The third kappa shape index (κ3) is 3.61. The SMILES string of the molecule is CC(=O)NC(CS)C(=O)NC1(C)CCOC1C. The Balaban J connectivity index is 2.60. The summed E-state index contributed by atoms with van der Waals surface area (Å²) in [5.74, 6) is -0.174. The van der Waals surface area contributed by atoms with Crippen LogP contribution in [0.15, 0.2) is 0 Å². The Bertz CT molecular complexity index is 311. The van der Waals surface area contributed by atoms with Gasteiger partial charge >= 0.3 is 0 Å². The first kappa shape index (κ1) is 14.3. The lowest BCUT2D eigenvalue weighted by Gasteiger charge is -2.30. The van der Waals surface area contributed by atoms with Gasteiger partial charge in [-0.15, -0.1) is 0 Å². The molecule has 0 aromatic rings. The van der Waals surface area contributed by atoms with Crippen molar-refractivity contribution in [2.75, 3.05) is 12.4 Å². The number of carbonyl (C=O) groups excluding carboxylic acids is 2. The molecule has 2 N–H and O–H groups in total. The van der Waals surface area contributed by atoms with E-state index in [0.717, 1.165) is 6.42 Å². The largest absolute Gasteiger partial charge is 0.376 e. The second-order valence-corrected chi connectivity index (χ2v) is 4.97. The number of hydrogen-bond donors (Lipinski definition) is 3. The van der Waals surface area contributed by atoms with Crippen LogP contribution in [0, 0.1) is 0 Å². The van der Waals surface area contributed by atoms with Crippen molar-refractivity contribution in [3.8, 4) is 0 Å². The zero-order valence-corrected chi connectivity index (χ0v) is 11.3. The van der Waals surface area contributed by atoms with Gasteiger partial charge in [-0.2, -0.15) is 12.6 Å². The first-order chi connectivity index (χ1) is 7.89. The molecule has 0 aromatic heterocycles. The molecule has 0 saturated carbocycles. The maximum absolute atomic E-state index is 12.0. The summed E-state index contributed by atoms with van der Waals surface area (Å²) in [4.78, 5) is 22.9. The summed E-state index contributed by atoms with van der Waals surface area (Å²) in [6.07, 6.45) is 0.753. The molecule has 1 aliphatic rings. The standard InChI is InChI=1S/C11H20N2O3S/c1-7-11(3,4-5-16-7)13-10(15)9(6-17)12-8(2)14/h7,9,17H,4-6H2,1-3H3,(H,12,14)(H,13,15). The van der Waals surface area contributed by atoms with E-state index in [2.05, 4.69) is 23.3 Å². The van der Waals surface area contributed by atoms with Crippen LogP contribution in [0.3, 0.4) is 0 Å². The van der Waals surface area contributed by atoms with Crippen LogP contribution in [0.4, 0.5) is 0 Å². The Morgan fingerprint density at radius 3 is 2.65 bits per heavy atom. The molecule has 98 valence electrons. The molecule has 1 heterocycles. The molecule has 2 amide bonds. The molecule has 5 nitrogen and oxygen atoms in total. The molecule has 1 saturated heterocycles. The van der Waals surface area contributed by atoms with Crippen molar-refractivity contribution < 1.29 is 14.3 Å². The highest BCUT2D eigenvalue weighted by Crippen LogP contribution is 2.25. The van der Waals surface area contributed by atoms with E-state index in [-0.39, 0.29) is 29.2 Å². The topological polar surface area (TPSA) is 67.4 Å². The van der Waals surface area contributed by atoms with E-state index < -0.39 is 6.04 Å². The maximum Gasteiger partial charge on any atom is 0.243 e. The van der Waals surface area contributed by atoms with Crippen LogP contribution in [0.5, 0.6) is 0 Å². The fraction of sp³-hybridized carbons (Fsp3) is 0.818. The highest BCUT2D eigenvalue weighted by atomic mass is 32.1. The Labute approximate surface area is 107 Å². The third-order valence-electron chi connectivity index (χ3n) is 3.17. The van der Waals surface area contributed by atoms with Crippen LogP contribution < -0.4 is 10.6 Å². The summed E-state index contributed by atoms with van der Waals surface area (Å²) < 4.78 is 5.44. The van der Waals surface area contributed by atoms with E-state index in [1.807, 2.05) is 13.8 Å². The Kier molecular flexibility index (Phi) is 4.82. The van der Waals surface area contributed by atoms with Crippen molar-refractivity contribution in [2.24, 2.45) is 0 Å². The fourth-order valence-corrected chi connectivity index (χ4v) is 2.06. The van der Waals surface area contributed by atoms with Gasteiger partial charge in [0.05, 0.1) is 11.6 Å². The number of ether oxygens (including phenoxy) is 1. The number of carbonyl (C=O) groups is 2. The van der Waals surface area contributed by atoms with Crippen molar-refractivity contribution >= 4 is 24.4 Å². The van der Waals surface area contributed by atoms with Crippen LogP contribution >= 0.6 is 12.6 Å². The van der Waals surface area contributed by atoms with Crippen LogP contribution in [-0.4, -0.2) is 41.9 Å².